The van der Waals surface area contributed by atoms with Crippen LogP contribution in [-0.2, 0) is 6.42 Å². The van der Waals surface area contributed by atoms with Crippen molar-refractivity contribution < 1.29 is 9.13 Å². The Balaban J connectivity index is 2.21. The summed E-state index contributed by atoms with van der Waals surface area (Å²) in [5.41, 5.74) is 4.36. The average molecular weight is 337 g/mol. The number of hydrogen-bond donors (Lipinski definition) is 0. The monoisotopic (exact) mass is 336 g/mol. The molecule has 1 nitrogen and oxygen atoms in total. The molecular formula is C17H18BrFO. The largest absolute Gasteiger partial charge is 0.497 e. The summed E-state index contributed by atoms with van der Waals surface area (Å²) in [5, 5.41) is 0. The van der Waals surface area contributed by atoms with Crippen LogP contribution in [-0.4, -0.2) is 7.11 Å². The van der Waals surface area contributed by atoms with E-state index in [0.717, 1.165) is 23.3 Å². The molecule has 106 valence electrons. The van der Waals surface area contributed by atoms with Gasteiger partial charge in [-0.3, -0.25) is 0 Å². The van der Waals surface area contributed by atoms with Gasteiger partial charge < -0.3 is 4.74 Å². The second-order valence-corrected chi connectivity index (χ2v) is 6.08. The molecule has 0 spiro atoms. The Hall–Kier alpha value is -1.35. The predicted octanol–water partition coefficient (Wildman–Crippen LogP) is 5.13. The van der Waals surface area contributed by atoms with Crippen LogP contribution in [0.25, 0.3) is 0 Å². The molecule has 2 aromatic rings. The van der Waals surface area contributed by atoms with Gasteiger partial charge in [0.1, 0.15) is 11.6 Å². The first kappa shape index (κ1) is 15.0. The van der Waals surface area contributed by atoms with Crippen LogP contribution in [0, 0.1) is 19.7 Å². The number of alkyl halides is 1. The zero-order valence-corrected chi connectivity index (χ0v) is 13.5. The van der Waals surface area contributed by atoms with Crippen molar-refractivity contribution in [1.82, 2.24) is 0 Å². The van der Waals surface area contributed by atoms with Gasteiger partial charge in [-0.15, -0.1) is 0 Å². The van der Waals surface area contributed by atoms with Gasteiger partial charge in [-0.25, -0.2) is 4.39 Å². The van der Waals surface area contributed by atoms with Crippen molar-refractivity contribution in [3.63, 3.8) is 0 Å². The smallest absolute Gasteiger partial charge is 0.123 e. The van der Waals surface area contributed by atoms with Gasteiger partial charge in [0.2, 0.25) is 0 Å². The molecule has 0 aliphatic carbocycles. The molecule has 2 rings (SSSR count). The third-order valence-corrected chi connectivity index (χ3v) is 4.23. The second-order valence-electron chi connectivity index (χ2n) is 4.97. The molecule has 0 aromatic heterocycles. The number of methoxy groups -OCH3 is 1. The molecule has 20 heavy (non-hydrogen) atoms. The number of rotatable bonds is 4. The zero-order valence-electron chi connectivity index (χ0n) is 11.9. The third kappa shape index (κ3) is 3.40. The minimum absolute atomic E-state index is 0.173. The van der Waals surface area contributed by atoms with E-state index in [9.17, 15) is 4.39 Å². The molecule has 0 fully saturated rings. The highest BCUT2D eigenvalue weighted by Crippen LogP contribution is 2.32. The maximum Gasteiger partial charge on any atom is 0.123 e. The van der Waals surface area contributed by atoms with E-state index in [2.05, 4.69) is 28.1 Å². The second kappa shape index (κ2) is 6.40. The maximum atomic E-state index is 13.4. The minimum atomic E-state index is -0.173. The molecule has 0 saturated carbocycles. The molecule has 0 amide bonds. The molecule has 0 radical (unpaired) electrons. The van der Waals surface area contributed by atoms with Crippen LogP contribution in [0.15, 0.2) is 36.4 Å². The molecule has 0 aliphatic rings. The van der Waals surface area contributed by atoms with Gasteiger partial charge >= 0.3 is 0 Å². The van der Waals surface area contributed by atoms with Crippen molar-refractivity contribution in [1.29, 1.82) is 0 Å². The first-order chi connectivity index (χ1) is 9.51. The van der Waals surface area contributed by atoms with E-state index in [0.29, 0.717) is 0 Å². The first-order valence-electron chi connectivity index (χ1n) is 6.55. The summed E-state index contributed by atoms with van der Waals surface area (Å²) in [4.78, 5) is 0.177. The molecule has 0 heterocycles. The molecule has 1 unspecified atom stereocenters. The van der Waals surface area contributed by atoms with Gasteiger partial charge in [0, 0.05) is 4.83 Å². The number of ether oxygens (including phenoxy) is 1. The van der Waals surface area contributed by atoms with Gasteiger partial charge in [0.25, 0.3) is 0 Å². The fourth-order valence-electron chi connectivity index (χ4n) is 2.49. The SMILES string of the molecule is COc1ccc(CC(Br)c2c(C)cc(F)cc2C)cc1. The van der Waals surface area contributed by atoms with E-state index in [1.165, 1.54) is 11.1 Å². The summed E-state index contributed by atoms with van der Waals surface area (Å²) in [6.45, 7) is 3.90. The van der Waals surface area contributed by atoms with Crippen molar-refractivity contribution in [2.75, 3.05) is 7.11 Å². The molecule has 0 bridgehead atoms. The van der Waals surface area contributed by atoms with Crippen LogP contribution in [0.5, 0.6) is 5.75 Å². The number of halogens is 2. The lowest BCUT2D eigenvalue weighted by molar-refractivity contribution is 0.414. The Kier molecular flexibility index (Phi) is 4.81. The highest BCUT2D eigenvalue weighted by Gasteiger charge is 2.15. The predicted molar refractivity (Wildman–Crippen MR) is 84.2 cm³/mol. The van der Waals surface area contributed by atoms with Crippen molar-refractivity contribution in [3.05, 3.63) is 64.5 Å². The lowest BCUT2D eigenvalue weighted by Crippen LogP contribution is -2.02. The summed E-state index contributed by atoms with van der Waals surface area (Å²) in [6, 6.07) is 11.2. The summed E-state index contributed by atoms with van der Waals surface area (Å²) >= 11 is 3.73. The third-order valence-electron chi connectivity index (χ3n) is 3.45. The zero-order chi connectivity index (χ0) is 14.7. The lowest BCUT2D eigenvalue weighted by atomic mass is 9.96. The van der Waals surface area contributed by atoms with E-state index < -0.39 is 0 Å². The van der Waals surface area contributed by atoms with Crippen LogP contribution in [0.3, 0.4) is 0 Å². The lowest BCUT2D eigenvalue weighted by Gasteiger charge is -2.16. The molecule has 0 aliphatic heterocycles. The Bertz CT molecular complexity index is 569. The van der Waals surface area contributed by atoms with Gasteiger partial charge in [0.05, 0.1) is 7.11 Å². The average Bonchev–Trinajstić information content (AvgIpc) is 2.38. The molecule has 1 atom stereocenters. The van der Waals surface area contributed by atoms with Crippen LogP contribution >= 0.6 is 15.9 Å². The fourth-order valence-corrected chi connectivity index (χ4v) is 3.58. The quantitative estimate of drug-likeness (QED) is 0.703. The van der Waals surface area contributed by atoms with Gasteiger partial charge in [-0.05, 0) is 66.8 Å². The van der Waals surface area contributed by atoms with E-state index in [1.807, 2.05) is 26.0 Å². The summed E-state index contributed by atoms with van der Waals surface area (Å²) < 4.78 is 18.5. The normalized spacial score (nSPS) is 12.2. The highest BCUT2D eigenvalue weighted by molar-refractivity contribution is 9.09. The van der Waals surface area contributed by atoms with Crippen LogP contribution < -0.4 is 4.74 Å². The summed E-state index contributed by atoms with van der Waals surface area (Å²) in [6.07, 6.45) is 0.858. The first-order valence-corrected chi connectivity index (χ1v) is 7.46. The molecular weight excluding hydrogens is 319 g/mol. The van der Waals surface area contributed by atoms with Crippen LogP contribution in [0.4, 0.5) is 4.39 Å². The Morgan fingerprint density at radius 3 is 2.15 bits per heavy atom. The van der Waals surface area contributed by atoms with Gasteiger partial charge in [-0.1, -0.05) is 28.1 Å². The van der Waals surface area contributed by atoms with E-state index >= 15 is 0 Å². The van der Waals surface area contributed by atoms with Crippen molar-refractivity contribution in [2.45, 2.75) is 25.1 Å². The minimum Gasteiger partial charge on any atom is -0.497 e. The van der Waals surface area contributed by atoms with Crippen molar-refractivity contribution in [3.8, 4) is 5.75 Å². The number of benzene rings is 2. The topological polar surface area (TPSA) is 9.23 Å². The van der Waals surface area contributed by atoms with E-state index in [1.54, 1.807) is 19.2 Å². The highest BCUT2D eigenvalue weighted by atomic mass is 79.9. The Labute approximate surface area is 127 Å². The van der Waals surface area contributed by atoms with E-state index in [4.69, 9.17) is 4.74 Å². The molecule has 2 aromatic carbocycles. The van der Waals surface area contributed by atoms with E-state index in [-0.39, 0.29) is 10.6 Å². The van der Waals surface area contributed by atoms with Crippen LogP contribution in [0.1, 0.15) is 27.1 Å². The summed E-state index contributed by atoms with van der Waals surface area (Å²) in [5.74, 6) is 0.682. The number of aryl methyl sites for hydroxylation is 2. The van der Waals surface area contributed by atoms with Crippen LogP contribution in [0.2, 0.25) is 0 Å². The summed E-state index contributed by atoms with van der Waals surface area (Å²) in [7, 11) is 1.66. The molecule has 0 N–H and O–H groups in total. The standard InChI is InChI=1S/C17H18BrFO/c1-11-8-14(19)9-12(2)17(11)16(18)10-13-4-6-15(20-3)7-5-13/h4-9,16H,10H2,1-3H3. The Morgan fingerprint density at radius 2 is 1.65 bits per heavy atom. The molecule has 0 saturated heterocycles. The van der Waals surface area contributed by atoms with Gasteiger partial charge in [0.15, 0.2) is 0 Å². The van der Waals surface area contributed by atoms with Crippen molar-refractivity contribution in [2.24, 2.45) is 0 Å². The van der Waals surface area contributed by atoms with Gasteiger partial charge in [-0.2, -0.15) is 0 Å². The maximum absolute atomic E-state index is 13.4. The number of hydrogen-bond acceptors (Lipinski definition) is 1. The van der Waals surface area contributed by atoms with Crippen molar-refractivity contribution >= 4 is 15.9 Å². The fraction of sp³-hybridized carbons (Fsp3) is 0.294. The molecule has 3 heteroatoms. The Morgan fingerprint density at radius 1 is 1.10 bits per heavy atom.